The Morgan fingerprint density at radius 2 is 1.78 bits per heavy atom. The molecule has 20 nitrogen and oxygen atoms in total. The van der Waals surface area contributed by atoms with Crippen LogP contribution in [0.2, 0.25) is 0 Å². The highest BCUT2D eigenvalue weighted by molar-refractivity contribution is 8.44. The van der Waals surface area contributed by atoms with Crippen LogP contribution in [-0.4, -0.2) is 114 Å². The van der Waals surface area contributed by atoms with E-state index >= 15 is 8.78 Å². The minimum absolute atomic E-state index is 0.0170. The summed E-state index contributed by atoms with van der Waals surface area (Å²) in [6.45, 7) is -9.17. The third kappa shape index (κ3) is 7.32. The zero-order valence-electron chi connectivity index (χ0n) is 26.3. The molecule has 2 saturated heterocycles. The van der Waals surface area contributed by atoms with E-state index in [-0.39, 0.29) is 47.0 Å². The van der Waals surface area contributed by atoms with E-state index in [0.717, 1.165) is 6.33 Å². The van der Waals surface area contributed by atoms with Crippen LogP contribution in [0.3, 0.4) is 0 Å². The Balaban J connectivity index is 1.11. The molecular formula is C25H31F2N11O9P2S2. The number of thiol groups is 1. The first-order valence-electron chi connectivity index (χ1n) is 15.3. The molecule has 0 spiro atoms. The van der Waals surface area contributed by atoms with Crippen molar-refractivity contribution >= 4 is 77.6 Å². The highest BCUT2D eigenvalue weighted by Crippen LogP contribution is 2.59. The third-order valence-corrected chi connectivity index (χ3v) is 11.7. The molecule has 51 heavy (non-hydrogen) atoms. The van der Waals surface area contributed by atoms with Gasteiger partial charge in [-0.05, 0) is 25.3 Å². The number of likely N-dealkylation sites (N-methyl/N-ethyl adjacent to an activating group) is 1. The van der Waals surface area contributed by atoms with Crippen molar-refractivity contribution in [3.05, 3.63) is 25.3 Å². The van der Waals surface area contributed by atoms with Crippen LogP contribution in [0.25, 0.3) is 22.3 Å². The number of nitrogens with one attached hydrogen (secondary N) is 2. The predicted molar refractivity (Wildman–Crippen MR) is 180 cm³/mol. The molecule has 7 rings (SSSR count). The molecule has 0 radical (unpaired) electrons. The van der Waals surface area contributed by atoms with Gasteiger partial charge in [-0.2, -0.15) is 0 Å². The quantitative estimate of drug-likeness (QED) is 0.107. The Morgan fingerprint density at radius 1 is 1.06 bits per heavy atom. The number of anilines is 2. The summed E-state index contributed by atoms with van der Waals surface area (Å²) in [6.07, 6.45) is -5.72. The fourth-order valence-electron chi connectivity index (χ4n) is 6.15. The fraction of sp³-hybridized carbons (Fsp3) is 0.560. The maximum Gasteiger partial charge on any atom is 0.412 e. The first kappa shape index (κ1) is 36.3. The lowest BCUT2D eigenvalue weighted by molar-refractivity contribution is -0.0472. The van der Waals surface area contributed by atoms with Crippen LogP contribution in [0.1, 0.15) is 18.7 Å². The smallest absolute Gasteiger partial charge is 0.412 e. The van der Waals surface area contributed by atoms with Crippen molar-refractivity contribution in [3.8, 4) is 0 Å². The number of imidazole rings is 2. The molecular weight excluding hydrogens is 762 g/mol. The average molecular weight is 794 g/mol. The van der Waals surface area contributed by atoms with Crippen LogP contribution in [0.5, 0.6) is 0 Å². The first-order chi connectivity index (χ1) is 24.4. The maximum absolute atomic E-state index is 16.3. The topological polar surface area (TPSA) is 247 Å². The molecule has 1 saturated carbocycles. The van der Waals surface area contributed by atoms with Gasteiger partial charge < -0.3 is 43.6 Å². The second-order valence-electron chi connectivity index (χ2n) is 11.7. The standard InChI is InChI=1S/C25H31F2N11O9P2S2/c1-29-2-3-42-25(39)36-21-17-23(33-8-31-21)38(10-35-17)24-15(27)19-13(45-24)6-44-49(41,51)46-18-11(5-43-48(40,50)47-19)4-12(14(18)26)37-9-34-16-20(28)30-7-32-22(16)37/h7-15,18-19,24,29H,2-6H2,1H3,(H,40,50)(H,41,51)(H2,28,30,32)(H,31,33,36,39)/t11?,12-,13-,14+,15-,18-,19-,24-,48?,49?/m1/s1. The normalized spacial score (nSPS) is 34.5. The van der Waals surface area contributed by atoms with E-state index < -0.39 is 81.7 Å². The molecule has 5 N–H and O–H groups in total. The number of hydrogen-bond donors (Lipinski definition) is 5. The molecule has 0 bridgehead atoms. The van der Waals surface area contributed by atoms with Gasteiger partial charge in [0.1, 0.15) is 49.3 Å². The molecule has 1 aliphatic carbocycles. The Bertz CT molecular complexity index is 2030. The van der Waals surface area contributed by atoms with Crippen molar-refractivity contribution in [2.24, 2.45) is 5.92 Å². The summed E-state index contributed by atoms with van der Waals surface area (Å²) < 4.78 is 82.1. The number of aromatic nitrogens is 8. The van der Waals surface area contributed by atoms with Crippen LogP contribution >= 0.6 is 25.8 Å². The lowest BCUT2D eigenvalue weighted by Gasteiger charge is -2.30. The lowest BCUT2D eigenvalue weighted by Crippen LogP contribution is -2.35. The highest BCUT2D eigenvalue weighted by Gasteiger charge is 2.53. The summed E-state index contributed by atoms with van der Waals surface area (Å²) in [6, 6.07) is -0.949. The summed E-state index contributed by atoms with van der Waals surface area (Å²) >= 11 is 9.32. The van der Waals surface area contributed by atoms with Crippen molar-refractivity contribution in [1.29, 1.82) is 0 Å². The van der Waals surface area contributed by atoms with E-state index in [1.165, 1.54) is 28.1 Å². The highest BCUT2D eigenvalue weighted by atomic mass is 32.7. The van der Waals surface area contributed by atoms with Gasteiger partial charge in [-0.15, -0.1) is 0 Å². The Kier molecular flexibility index (Phi) is 10.3. The number of hydrogen-bond acceptors (Lipinski definition) is 17. The van der Waals surface area contributed by atoms with Crippen molar-refractivity contribution in [2.45, 2.75) is 49.3 Å². The van der Waals surface area contributed by atoms with Crippen LogP contribution in [0.4, 0.5) is 25.2 Å². The summed E-state index contributed by atoms with van der Waals surface area (Å²) in [5.41, 5.74) is 6.55. The van der Waals surface area contributed by atoms with Crippen molar-refractivity contribution in [1.82, 2.24) is 44.4 Å². The average Bonchev–Trinajstić information content (AvgIpc) is 3.85. The number of amides is 1. The second-order valence-corrected chi connectivity index (χ2v) is 17.3. The number of nitrogens with zero attached hydrogens (tertiary/aromatic N) is 8. The van der Waals surface area contributed by atoms with Gasteiger partial charge in [0.25, 0.3) is 0 Å². The van der Waals surface area contributed by atoms with Crippen LogP contribution in [0, 0.1) is 5.92 Å². The number of alkyl halides is 2. The van der Waals surface area contributed by atoms with E-state index in [1.807, 2.05) is 0 Å². The number of nitrogen functional groups attached to an aromatic ring is 1. The van der Waals surface area contributed by atoms with Crippen LogP contribution in [-0.2, 0) is 43.9 Å². The van der Waals surface area contributed by atoms with E-state index in [4.69, 9.17) is 45.1 Å². The number of carbonyl (C=O) groups excluding carboxylic acids is 1. The van der Waals surface area contributed by atoms with Gasteiger partial charge in [0.15, 0.2) is 40.8 Å². The van der Waals surface area contributed by atoms with Crippen LogP contribution in [0.15, 0.2) is 25.3 Å². The van der Waals surface area contributed by atoms with Gasteiger partial charge in [0.2, 0.25) is 0 Å². The molecule has 3 fully saturated rings. The van der Waals surface area contributed by atoms with Gasteiger partial charge in [-0.25, -0.2) is 48.0 Å². The van der Waals surface area contributed by atoms with E-state index in [1.54, 1.807) is 7.05 Å². The van der Waals surface area contributed by atoms with Gasteiger partial charge in [-0.1, -0.05) is 12.2 Å². The Morgan fingerprint density at radius 3 is 2.57 bits per heavy atom. The summed E-state index contributed by atoms with van der Waals surface area (Å²) in [7, 11) is 1.70. The Labute approximate surface area is 297 Å². The minimum atomic E-state index is -4.37. The monoisotopic (exact) mass is 793 g/mol. The Hall–Kier alpha value is -3.02. The van der Waals surface area contributed by atoms with Gasteiger partial charge in [0.05, 0.1) is 31.9 Å². The number of fused-ring (bicyclic) bond motifs is 4. The summed E-state index contributed by atoms with van der Waals surface area (Å²) in [5, 5.41) is 5.30. The molecule has 3 aliphatic rings. The van der Waals surface area contributed by atoms with Crippen molar-refractivity contribution < 1.29 is 50.6 Å². The number of halogens is 2. The van der Waals surface area contributed by atoms with E-state index in [2.05, 4.69) is 52.8 Å². The van der Waals surface area contributed by atoms with Gasteiger partial charge in [0, 0.05) is 12.5 Å². The zero-order valence-corrected chi connectivity index (χ0v) is 29.8. The number of ether oxygens (including phenoxy) is 2. The minimum Gasteiger partial charge on any atom is -0.448 e. The molecule has 276 valence electrons. The largest absolute Gasteiger partial charge is 0.448 e. The molecule has 10 atom stereocenters. The van der Waals surface area contributed by atoms with Gasteiger partial charge in [-0.3, -0.25) is 14.4 Å². The molecule has 1 amide bonds. The first-order valence-corrected chi connectivity index (χ1v) is 20.6. The second kappa shape index (κ2) is 14.4. The molecule has 4 aromatic heterocycles. The van der Waals surface area contributed by atoms with Crippen molar-refractivity contribution in [2.75, 3.05) is 44.5 Å². The molecule has 26 heteroatoms. The number of carbonyl (C=O) groups is 1. The summed E-state index contributed by atoms with van der Waals surface area (Å²) in [4.78, 5) is 47.9. The predicted octanol–water partition coefficient (Wildman–Crippen LogP) is 2.22. The SMILES string of the molecule is CNCCOC(=O)Nc1ncnc2c1ncn2[C@@H]1O[C@@H]2COP(O)(=S)O[C@@H]3C(COP(=O)(S)O[C@H]2[C@H]1F)C[C@@H](n1cnc2c(N)ncnc21)[C@@H]3F. The number of rotatable bonds is 6. The molecule has 0 aromatic carbocycles. The molecule has 4 aromatic rings. The lowest BCUT2D eigenvalue weighted by atomic mass is 10.1. The van der Waals surface area contributed by atoms with E-state index in [0.29, 0.717) is 6.54 Å². The zero-order chi connectivity index (χ0) is 36.1. The molecule has 3 unspecified atom stereocenters. The summed E-state index contributed by atoms with van der Waals surface area (Å²) in [5.74, 6) is -0.786. The fourth-order valence-corrected chi connectivity index (χ4v) is 9.15. The molecule has 2 aliphatic heterocycles. The van der Waals surface area contributed by atoms with Crippen LogP contribution < -0.4 is 16.4 Å². The molecule has 6 heterocycles. The van der Waals surface area contributed by atoms with E-state index in [9.17, 15) is 14.3 Å². The van der Waals surface area contributed by atoms with Gasteiger partial charge >= 0.3 is 19.6 Å². The third-order valence-electron chi connectivity index (χ3n) is 8.50. The number of nitrogens with two attached hydrogens (primary N) is 1. The van der Waals surface area contributed by atoms with Crippen molar-refractivity contribution in [3.63, 3.8) is 0 Å². The maximum atomic E-state index is 16.3.